The minimum absolute atomic E-state index is 0.104. The smallest absolute Gasteiger partial charge is 0.384 e. The number of aromatic nitrogens is 5. The standard InChI is InChI=1S/C23H16ClF3N8O/c1-11-10-34(13-3-4-15(16(24)6-13)23(25,26)27)22(36)20-14(9-31-35(11)20)19-17(7-28)32-21(33-19)12-2-5-18(29)30-8-12/h2-6,8-9,11H,10H2,1H3,(H2,29,30)(H,32,33). The predicted octanol–water partition coefficient (Wildman–Crippen LogP) is 4.68. The third-order valence-electron chi connectivity index (χ3n) is 5.81. The van der Waals surface area contributed by atoms with Crippen LogP contribution in [-0.4, -0.2) is 37.2 Å². The lowest BCUT2D eigenvalue weighted by Crippen LogP contribution is -2.42. The van der Waals surface area contributed by atoms with Gasteiger partial charge in [-0.3, -0.25) is 9.48 Å². The van der Waals surface area contributed by atoms with Crippen LogP contribution in [-0.2, 0) is 6.18 Å². The van der Waals surface area contributed by atoms with Crippen LogP contribution in [0.2, 0.25) is 5.02 Å². The first-order chi connectivity index (χ1) is 17.1. The highest BCUT2D eigenvalue weighted by Crippen LogP contribution is 2.39. The third-order valence-corrected chi connectivity index (χ3v) is 6.12. The number of aromatic amines is 1. The lowest BCUT2D eigenvalue weighted by molar-refractivity contribution is -0.137. The maximum atomic E-state index is 13.6. The van der Waals surface area contributed by atoms with E-state index >= 15 is 0 Å². The Morgan fingerprint density at radius 2 is 2.03 bits per heavy atom. The fourth-order valence-corrected chi connectivity index (χ4v) is 4.37. The van der Waals surface area contributed by atoms with E-state index in [0.29, 0.717) is 22.8 Å². The molecule has 3 N–H and O–H groups in total. The number of nitriles is 1. The Morgan fingerprint density at radius 3 is 2.67 bits per heavy atom. The summed E-state index contributed by atoms with van der Waals surface area (Å²) in [6.45, 7) is 1.97. The van der Waals surface area contributed by atoms with E-state index in [1.807, 2.05) is 13.0 Å². The molecule has 1 amide bonds. The molecule has 36 heavy (non-hydrogen) atoms. The second kappa shape index (κ2) is 8.39. The van der Waals surface area contributed by atoms with E-state index in [2.05, 4.69) is 20.1 Å². The van der Waals surface area contributed by atoms with Gasteiger partial charge >= 0.3 is 6.18 Å². The zero-order valence-electron chi connectivity index (χ0n) is 18.5. The van der Waals surface area contributed by atoms with Gasteiger partial charge in [0, 0.05) is 24.0 Å². The van der Waals surface area contributed by atoms with Crippen LogP contribution in [0.25, 0.3) is 22.6 Å². The number of hydrogen-bond acceptors (Lipinski definition) is 6. The van der Waals surface area contributed by atoms with Gasteiger partial charge in [0.1, 0.15) is 34.8 Å². The van der Waals surface area contributed by atoms with Crippen molar-refractivity contribution in [1.82, 2.24) is 24.7 Å². The van der Waals surface area contributed by atoms with Crippen molar-refractivity contribution < 1.29 is 18.0 Å². The molecular formula is C23H16ClF3N8O. The molecule has 13 heteroatoms. The van der Waals surface area contributed by atoms with Crippen molar-refractivity contribution >= 4 is 29.0 Å². The number of anilines is 2. The summed E-state index contributed by atoms with van der Waals surface area (Å²) < 4.78 is 41.0. The molecule has 0 saturated carbocycles. The maximum Gasteiger partial charge on any atom is 0.417 e. The minimum Gasteiger partial charge on any atom is -0.384 e. The van der Waals surface area contributed by atoms with Gasteiger partial charge in [-0.1, -0.05) is 11.6 Å². The number of benzene rings is 1. The Bertz CT molecular complexity index is 1530. The summed E-state index contributed by atoms with van der Waals surface area (Å²) in [7, 11) is 0. The maximum absolute atomic E-state index is 13.6. The molecule has 4 heterocycles. The Hall–Kier alpha value is -4.37. The van der Waals surface area contributed by atoms with Crippen molar-refractivity contribution in [1.29, 1.82) is 5.26 Å². The first-order valence-corrected chi connectivity index (χ1v) is 10.9. The van der Waals surface area contributed by atoms with E-state index in [-0.39, 0.29) is 35.4 Å². The Labute approximate surface area is 206 Å². The summed E-state index contributed by atoms with van der Waals surface area (Å²) in [5.41, 5.74) is 6.19. The van der Waals surface area contributed by atoms with Gasteiger partial charge in [0.2, 0.25) is 0 Å². The molecule has 9 nitrogen and oxygen atoms in total. The van der Waals surface area contributed by atoms with E-state index < -0.39 is 22.7 Å². The molecule has 0 saturated heterocycles. The summed E-state index contributed by atoms with van der Waals surface area (Å²) in [6.07, 6.45) is -1.68. The van der Waals surface area contributed by atoms with Gasteiger partial charge in [0.15, 0.2) is 0 Å². The number of nitrogen functional groups attached to an aromatic ring is 1. The Balaban J connectivity index is 1.58. The van der Waals surface area contributed by atoms with Gasteiger partial charge in [-0.05, 0) is 37.3 Å². The number of fused-ring (bicyclic) bond motifs is 1. The van der Waals surface area contributed by atoms with Crippen molar-refractivity contribution in [3.63, 3.8) is 0 Å². The fraction of sp³-hybridized carbons (Fsp3) is 0.174. The van der Waals surface area contributed by atoms with Crippen molar-refractivity contribution in [3.8, 4) is 28.7 Å². The number of rotatable bonds is 3. The average Bonchev–Trinajstić information content (AvgIpc) is 3.46. The number of amides is 1. The van der Waals surface area contributed by atoms with Gasteiger partial charge in [-0.25, -0.2) is 9.97 Å². The number of nitrogens with two attached hydrogens (primary N) is 1. The van der Waals surface area contributed by atoms with E-state index in [1.54, 1.807) is 12.1 Å². The second-order valence-corrected chi connectivity index (χ2v) is 8.58. The Morgan fingerprint density at radius 1 is 1.25 bits per heavy atom. The number of imidazole rings is 1. The number of nitrogens with one attached hydrogen (secondary N) is 1. The van der Waals surface area contributed by atoms with Gasteiger partial charge in [0.05, 0.1) is 28.4 Å². The number of carbonyl (C=O) groups is 1. The summed E-state index contributed by atoms with van der Waals surface area (Å²) in [5, 5.41) is 13.5. The van der Waals surface area contributed by atoms with Crippen LogP contribution in [0, 0.1) is 11.3 Å². The lowest BCUT2D eigenvalue weighted by Gasteiger charge is -2.32. The highest BCUT2D eigenvalue weighted by Gasteiger charge is 2.37. The average molecular weight is 513 g/mol. The third kappa shape index (κ3) is 3.83. The van der Waals surface area contributed by atoms with Crippen LogP contribution in [0.1, 0.15) is 34.7 Å². The van der Waals surface area contributed by atoms with Crippen LogP contribution in [0.3, 0.4) is 0 Å². The topological polar surface area (TPSA) is 130 Å². The molecule has 1 unspecified atom stereocenters. The number of nitrogens with zero attached hydrogens (tertiary/aromatic N) is 6. The number of H-pyrrole nitrogens is 1. The van der Waals surface area contributed by atoms with Crippen LogP contribution in [0.4, 0.5) is 24.7 Å². The van der Waals surface area contributed by atoms with Gasteiger partial charge < -0.3 is 15.6 Å². The van der Waals surface area contributed by atoms with Crippen molar-refractivity contribution in [2.24, 2.45) is 0 Å². The van der Waals surface area contributed by atoms with E-state index in [0.717, 1.165) is 12.1 Å². The monoisotopic (exact) mass is 512 g/mol. The molecular weight excluding hydrogens is 497 g/mol. The molecule has 0 aliphatic carbocycles. The molecule has 5 rings (SSSR count). The van der Waals surface area contributed by atoms with Crippen LogP contribution in [0.15, 0.2) is 42.7 Å². The molecule has 182 valence electrons. The molecule has 0 radical (unpaired) electrons. The summed E-state index contributed by atoms with van der Waals surface area (Å²) in [4.78, 5) is 26.4. The predicted molar refractivity (Wildman–Crippen MR) is 125 cm³/mol. The van der Waals surface area contributed by atoms with Gasteiger partial charge in [-0.15, -0.1) is 0 Å². The van der Waals surface area contributed by atoms with Crippen LogP contribution in [0.5, 0.6) is 0 Å². The van der Waals surface area contributed by atoms with Crippen LogP contribution < -0.4 is 10.6 Å². The quantitative estimate of drug-likeness (QED) is 0.410. The first-order valence-electron chi connectivity index (χ1n) is 10.6. The van der Waals surface area contributed by atoms with Gasteiger partial charge in [0.25, 0.3) is 5.91 Å². The van der Waals surface area contributed by atoms with E-state index in [1.165, 1.54) is 28.0 Å². The molecule has 4 aromatic rings. The zero-order valence-corrected chi connectivity index (χ0v) is 19.3. The molecule has 3 aromatic heterocycles. The SMILES string of the molecule is CC1CN(c2ccc(C(F)(F)F)c(Cl)c2)C(=O)c2c(-c3nc(-c4ccc(N)nc4)[nH]c3C#N)cnn21. The first kappa shape index (κ1) is 23.4. The molecule has 0 fully saturated rings. The Kier molecular flexibility index (Phi) is 5.44. The number of hydrogen-bond donors (Lipinski definition) is 2. The number of alkyl halides is 3. The van der Waals surface area contributed by atoms with Crippen LogP contribution >= 0.6 is 11.6 Å². The zero-order chi connectivity index (χ0) is 25.8. The fourth-order valence-electron chi connectivity index (χ4n) is 4.09. The lowest BCUT2D eigenvalue weighted by atomic mass is 10.1. The number of halogens is 4. The van der Waals surface area contributed by atoms with Gasteiger partial charge in [-0.2, -0.15) is 23.5 Å². The van der Waals surface area contributed by atoms with E-state index in [9.17, 15) is 23.2 Å². The van der Waals surface area contributed by atoms with Crippen molar-refractivity contribution in [2.45, 2.75) is 19.1 Å². The number of pyridine rings is 1. The normalized spacial score (nSPS) is 15.6. The molecule has 1 atom stereocenters. The molecule has 0 bridgehead atoms. The van der Waals surface area contributed by atoms with E-state index in [4.69, 9.17) is 17.3 Å². The molecule has 1 aliphatic rings. The number of carbonyl (C=O) groups excluding carboxylic acids is 1. The second-order valence-electron chi connectivity index (χ2n) is 8.17. The minimum atomic E-state index is -4.62. The summed E-state index contributed by atoms with van der Waals surface area (Å²) >= 11 is 5.90. The molecule has 0 spiro atoms. The van der Waals surface area contributed by atoms with Crippen molar-refractivity contribution in [2.75, 3.05) is 17.2 Å². The summed E-state index contributed by atoms with van der Waals surface area (Å²) in [5.74, 6) is 0.149. The highest BCUT2D eigenvalue weighted by atomic mass is 35.5. The highest BCUT2D eigenvalue weighted by molar-refractivity contribution is 6.31. The molecule has 1 aromatic carbocycles. The van der Waals surface area contributed by atoms with Crippen molar-refractivity contribution in [3.05, 3.63) is 64.7 Å². The largest absolute Gasteiger partial charge is 0.417 e. The molecule has 1 aliphatic heterocycles. The summed E-state index contributed by atoms with van der Waals surface area (Å²) in [6, 6.07) is 8.15.